The van der Waals surface area contributed by atoms with Crippen molar-refractivity contribution >= 4 is 42.3 Å². The van der Waals surface area contributed by atoms with Crippen molar-refractivity contribution in [2.75, 3.05) is 38.1 Å². The van der Waals surface area contributed by atoms with Crippen LogP contribution in [-0.4, -0.2) is 61.1 Å². The fraction of sp³-hybridized carbons (Fsp3) is 0.333. The second kappa shape index (κ2) is 15.6. The number of hydrazine groups is 1. The van der Waals surface area contributed by atoms with Gasteiger partial charge in [-0.25, -0.2) is 5.01 Å². The second-order valence-electron chi connectivity index (χ2n) is 9.65. The first-order valence-corrected chi connectivity index (χ1v) is 12.9. The van der Waals surface area contributed by atoms with E-state index in [-0.39, 0.29) is 49.7 Å². The monoisotopic (exact) mass is 571 g/mol. The summed E-state index contributed by atoms with van der Waals surface area (Å²) in [4.78, 5) is 28.2. The minimum Gasteiger partial charge on any atom is -0.313 e. The van der Waals surface area contributed by atoms with Crippen LogP contribution in [0.1, 0.15) is 25.0 Å². The summed E-state index contributed by atoms with van der Waals surface area (Å²) in [5.41, 5.74) is 5.42. The van der Waals surface area contributed by atoms with Crippen molar-refractivity contribution in [1.29, 1.82) is 0 Å². The largest absolute Gasteiger partial charge is 0.313 e. The molecule has 210 valence electrons. The fourth-order valence-electron chi connectivity index (χ4n) is 4.59. The standard InChI is InChI=1S/C30H37N5O2.2ClH/c1-23(2)32-17-18-35(28-16-10-9-15-27(28)24-11-5-4-6-12-24)30(37)20-31-19-29(36)33(3)34-21-25-13-7-8-14-26(25)22-34;;/h4-16,23,31-32H,17-22H2,1-3H3;2*1H. The van der Waals surface area contributed by atoms with Gasteiger partial charge in [0, 0.05) is 44.8 Å². The molecular formula is C30H39Cl2N5O2. The number of carbonyl (C=O) groups is 2. The fourth-order valence-corrected chi connectivity index (χ4v) is 4.59. The van der Waals surface area contributed by atoms with Crippen molar-refractivity contribution < 1.29 is 9.59 Å². The summed E-state index contributed by atoms with van der Waals surface area (Å²) in [7, 11) is 1.79. The van der Waals surface area contributed by atoms with E-state index >= 15 is 0 Å². The summed E-state index contributed by atoms with van der Waals surface area (Å²) in [5.74, 6) is -0.142. The van der Waals surface area contributed by atoms with Crippen LogP contribution in [0, 0.1) is 0 Å². The van der Waals surface area contributed by atoms with E-state index in [1.54, 1.807) is 12.1 Å². The Morgan fingerprint density at radius 2 is 1.38 bits per heavy atom. The van der Waals surface area contributed by atoms with E-state index in [0.717, 1.165) is 16.8 Å². The van der Waals surface area contributed by atoms with Gasteiger partial charge in [0.05, 0.1) is 18.8 Å². The second-order valence-corrected chi connectivity index (χ2v) is 9.65. The maximum Gasteiger partial charge on any atom is 0.250 e. The number of nitrogens with one attached hydrogen (secondary N) is 2. The Morgan fingerprint density at radius 1 is 0.821 bits per heavy atom. The molecule has 0 saturated heterocycles. The van der Waals surface area contributed by atoms with Crippen molar-refractivity contribution in [3.05, 3.63) is 90.0 Å². The quantitative estimate of drug-likeness (QED) is 0.354. The van der Waals surface area contributed by atoms with Gasteiger partial charge in [0.15, 0.2) is 0 Å². The number of hydrogen-bond donors (Lipinski definition) is 2. The van der Waals surface area contributed by atoms with E-state index < -0.39 is 0 Å². The third kappa shape index (κ3) is 8.52. The highest BCUT2D eigenvalue weighted by Gasteiger charge is 2.25. The smallest absolute Gasteiger partial charge is 0.250 e. The molecule has 0 spiro atoms. The van der Waals surface area contributed by atoms with E-state index in [4.69, 9.17) is 0 Å². The predicted octanol–water partition coefficient (Wildman–Crippen LogP) is 4.51. The number of nitrogens with zero attached hydrogens (tertiary/aromatic N) is 3. The summed E-state index contributed by atoms with van der Waals surface area (Å²) in [6, 6.07) is 26.6. The number of amides is 2. The molecule has 0 radical (unpaired) electrons. The van der Waals surface area contributed by atoms with Crippen LogP contribution >= 0.6 is 24.8 Å². The maximum atomic E-state index is 13.5. The van der Waals surface area contributed by atoms with Gasteiger partial charge in [-0.1, -0.05) is 86.6 Å². The summed E-state index contributed by atoms with van der Waals surface area (Å²) < 4.78 is 0. The van der Waals surface area contributed by atoms with Gasteiger partial charge in [0.2, 0.25) is 5.91 Å². The van der Waals surface area contributed by atoms with Crippen LogP contribution in [0.3, 0.4) is 0 Å². The van der Waals surface area contributed by atoms with Gasteiger partial charge in [-0.3, -0.25) is 19.9 Å². The van der Waals surface area contributed by atoms with Gasteiger partial charge in [0.1, 0.15) is 0 Å². The lowest BCUT2D eigenvalue weighted by atomic mass is 10.0. The van der Waals surface area contributed by atoms with E-state index in [1.165, 1.54) is 11.1 Å². The van der Waals surface area contributed by atoms with Crippen LogP contribution in [0.2, 0.25) is 0 Å². The zero-order valence-electron chi connectivity index (χ0n) is 22.8. The van der Waals surface area contributed by atoms with Crippen molar-refractivity contribution in [3.63, 3.8) is 0 Å². The highest BCUT2D eigenvalue weighted by molar-refractivity contribution is 5.99. The number of likely N-dealkylation sites (N-methyl/N-ethyl adjacent to an activating group) is 1. The molecule has 0 fully saturated rings. The van der Waals surface area contributed by atoms with Gasteiger partial charge in [-0.05, 0) is 22.8 Å². The van der Waals surface area contributed by atoms with Crippen LogP contribution in [0.15, 0.2) is 78.9 Å². The first-order valence-electron chi connectivity index (χ1n) is 12.9. The zero-order valence-corrected chi connectivity index (χ0v) is 24.4. The van der Waals surface area contributed by atoms with Crippen molar-refractivity contribution in [2.24, 2.45) is 0 Å². The Hall–Kier alpha value is -2.94. The number of fused-ring (bicyclic) bond motifs is 1. The Labute approximate surface area is 244 Å². The summed E-state index contributed by atoms with van der Waals surface area (Å²) in [6.07, 6.45) is 0. The SMILES string of the molecule is CC(C)NCCN(C(=O)CNCC(=O)N(C)N1Cc2ccccc2C1)c1ccccc1-c1ccccc1.Cl.Cl. The number of carbonyl (C=O) groups excluding carboxylic acids is 2. The lowest BCUT2D eigenvalue weighted by Crippen LogP contribution is -2.47. The third-order valence-corrected chi connectivity index (χ3v) is 6.63. The number of para-hydroxylation sites is 1. The van der Waals surface area contributed by atoms with Crippen LogP contribution in [0.5, 0.6) is 0 Å². The molecule has 0 saturated carbocycles. The van der Waals surface area contributed by atoms with Gasteiger partial charge in [-0.15, -0.1) is 24.8 Å². The molecule has 1 aliphatic heterocycles. The van der Waals surface area contributed by atoms with Crippen LogP contribution < -0.4 is 15.5 Å². The van der Waals surface area contributed by atoms with E-state index in [1.807, 2.05) is 64.5 Å². The third-order valence-electron chi connectivity index (χ3n) is 6.63. The lowest BCUT2D eigenvalue weighted by molar-refractivity contribution is -0.145. The molecule has 0 unspecified atom stereocenters. The summed E-state index contributed by atoms with van der Waals surface area (Å²) in [5, 5.41) is 10.2. The molecule has 3 aromatic rings. The minimum absolute atomic E-state index is 0. The van der Waals surface area contributed by atoms with E-state index in [0.29, 0.717) is 32.2 Å². The van der Waals surface area contributed by atoms with Gasteiger partial charge in [0.25, 0.3) is 5.91 Å². The number of rotatable bonds is 11. The number of hydrogen-bond acceptors (Lipinski definition) is 5. The molecule has 0 aliphatic carbocycles. The highest BCUT2D eigenvalue weighted by Crippen LogP contribution is 2.30. The Balaban J connectivity index is 0.00000267. The average molecular weight is 573 g/mol. The zero-order chi connectivity index (χ0) is 26.2. The molecule has 1 heterocycles. The molecular weight excluding hydrogens is 533 g/mol. The molecule has 0 bridgehead atoms. The summed E-state index contributed by atoms with van der Waals surface area (Å²) in [6.45, 7) is 6.97. The van der Waals surface area contributed by atoms with Gasteiger partial charge >= 0.3 is 0 Å². The number of halogens is 2. The Morgan fingerprint density at radius 3 is 2.03 bits per heavy atom. The minimum atomic E-state index is -0.0713. The normalized spacial score (nSPS) is 12.3. The number of benzene rings is 3. The summed E-state index contributed by atoms with van der Waals surface area (Å²) >= 11 is 0. The molecule has 2 N–H and O–H groups in total. The molecule has 7 nitrogen and oxygen atoms in total. The highest BCUT2D eigenvalue weighted by atomic mass is 35.5. The topological polar surface area (TPSA) is 67.9 Å². The van der Waals surface area contributed by atoms with Gasteiger partial charge in [-0.2, -0.15) is 0 Å². The molecule has 39 heavy (non-hydrogen) atoms. The van der Waals surface area contributed by atoms with Crippen molar-refractivity contribution in [2.45, 2.75) is 33.0 Å². The first-order chi connectivity index (χ1) is 17.9. The average Bonchev–Trinajstić information content (AvgIpc) is 3.35. The van der Waals surface area contributed by atoms with Crippen LogP contribution in [0.25, 0.3) is 11.1 Å². The number of anilines is 1. The van der Waals surface area contributed by atoms with E-state index in [9.17, 15) is 9.59 Å². The molecule has 2 amide bonds. The first kappa shape index (κ1) is 32.3. The van der Waals surface area contributed by atoms with Crippen molar-refractivity contribution in [1.82, 2.24) is 20.7 Å². The molecule has 3 aromatic carbocycles. The molecule has 9 heteroatoms. The molecule has 4 rings (SSSR count). The Bertz CT molecular complexity index is 1180. The molecule has 0 aromatic heterocycles. The Kier molecular flexibility index (Phi) is 12.9. The van der Waals surface area contributed by atoms with Crippen LogP contribution in [-0.2, 0) is 22.7 Å². The van der Waals surface area contributed by atoms with Crippen molar-refractivity contribution in [3.8, 4) is 11.1 Å². The molecule has 1 aliphatic rings. The van der Waals surface area contributed by atoms with E-state index in [2.05, 4.69) is 48.7 Å². The predicted molar refractivity (Wildman–Crippen MR) is 163 cm³/mol. The van der Waals surface area contributed by atoms with Crippen LogP contribution in [0.4, 0.5) is 5.69 Å². The maximum absolute atomic E-state index is 13.5. The lowest BCUT2D eigenvalue weighted by Gasteiger charge is -2.28. The molecule has 0 atom stereocenters. The van der Waals surface area contributed by atoms with Gasteiger partial charge < -0.3 is 10.2 Å².